The first kappa shape index (κ1) is 35.0. The lowest BCUT2D eigenvalue weighted by Gasteiger charge is -2.36. The van der Waals surface area contributed by atoms with Crippen LogP contribution in [0.15, 0.2) is 102 Å². The van der Waals surface area contributed by atoms with Gasteiger partial charge in [-0.1, -0.05) is 78.5 Å². The number of halogens is 5. The molecule has 13 heteroatoms. The molecule has 1 aromatic heterocycles. The maximum absolute atomic E-state index is 14.1. The van der Waals surface area contributed by atoms with Gasteiger partial charge in [-0.3, -0.25) is 4.79 Å². The first-order valence-corrected chi connectivity index (χ1v) is 16.4. The van der Waals surface area contributed by atoms with Crippen molar-refractivity contribution in [2.45, 2.75) is 43.1 Å². The molecule has 0 bridgehead atoms. The topological polar surface area (TPSA) is 94.7 Å². The molecule has 1 fully saturated rings. The quantitative estimate of drug-likeness (QED) is 0.0391. The number of ether oxygens (including phenoxy) is 2. The van der Waals surface area contributed by atoms with E-state index < -0.39 is 46.8 Å². The molecule has 2 N–H and O–H groups in total. The van der Waals surface area contributed by atoms with E-state index in [4.69, 9.17) is 9.47 Å². The Balaban J connectivity index is 1.16. The minimum Gasteiger partial charge on any atom is -0.618 e. The van der Waals surface area contributed by atoms with E-state index in [1.165, 1.54) is 18.0 Å². The molecule has 0 radical (unpaired) electrons. The molecule has 4 aromatic carbocycles. The van der Waals surface area contributed by atoms with Crippen LogP contribution in [-0.2, 0) is 22.6 Å². The van der Waals surface area contributed by atoms with Gasteiger partial charge in [-0.25, -0.2) is 22.0 Å². The number of hydrogen-bond donors (Lipinski definition) is 2. The highest BCUT2D eigenvalue weighted by Crippen LogP contribution is 2.39. The number of hydrogen-bond acceptors (Lipinski definition) is 6. The van der Waals surface area contributed by atoms with Crippen LogP contribution in [0, 0.1) is 34.3 Å². The number of thioether (sulfide) groups is 1. The van der Waals surface area contributed by atoms with Crippen LogP contribution >= 0.6 is 11.8 Å². The van der Waals surface area contributed by atoms with E-state index in [0.29, 0.717) is 22.8 Å². The van der Waals surface area contributed by atoms with Crippen molar-refractivity contribution in [3.05, 3.63) is 159 Å². The molecule has 1 amide bonds. The standard InChI is InChI=1S/C37H29F5N2O5S/c38-31-30(32(39)34(41)35(42)33(31)40)36(46)43-18-22-4-3-5-26(16-22)23-11-13-25(14-12-23)37-48-27(20-50-29-6-1-2-15-44(29)47)17-28(49-37)24-9-7-21(19-45)8-10-24/h1-16,27-28,37,45H,17-20H2,(H,43,46)/t27-,28+,37+/m1/s1. The Bertz CT molecular complexity index is 1970. The van der Waals surface area contributed by atoms with Crippen LogP contribution in [0.3, 0.4) is 0 Å². The fraction of sp³-hybridized carbons (Fsp3) is 0.189. The molecule has 0 spiro atoms. The fourth-order valence-corrected chi connectivity index (χ4v) is 6.43. The number of aromatic nitrogens is 1. The number of pyridine rings is 1. The summed E-state index contributed by atoms with van der Waals surface area (Å²) < 4.78 is 82.3. The summed E-state index contributed by atoms with van der Waals surface area (Å²) in [6.45, 7) is -0.325. The highest BCUT2D eigenvalue weighted by Gasteiger charge is 2.33. The molecule has 6 rings (SSSR count). The summed E-state index contributed by atoms with van der Waals surface area (Å²) in [4.78, 5) is 12.4. The highest BCUT2D eigenvalue weighted by atomic mass is 32.2. The molecule has 0 aliphatic carbocycles. The Morgan fingerprint density at radius 2 is 1.48 bits per heavy atom. The summed E-state index contributed by atoms with van der Waals surface area (Å²) >= 11 is 1.39. The van der Waals surface area contributed by atoms with Gasteiger partial charge in [-0.15, -0.1) is 0 Å². The Morgan fingerprint density at radius 1 is 0.800 bits per heavy atom. The SMILES string of the molecule is O=C(NCc1cccc(-c2ccc([C@H]3O[C@@H](CSc4cccc[n+]4[O-])C[C@@H](c4ccc(CO)cc4)O3)cc2)c1)c1c(F)c(F)c(F)c(F)c1F. The molecule has 0 saturated carbocycles. The zero-order valence-corrected chi connectivity index (χ0v) is 26.9. The Morgan fingerprint density at radius 3 is 2.16 bits per heavy atom. The second-order valence-electron chi connectivity index (χ2n) is 11.5. The van der Waals surface area contributed by atoms with Crippen LogP contribution in [-0.4, -0.2) is 22.9 Å². The van der Waals surface area contributed by atoms with Gasteiger partial charge in [-0.05, 0) is 39.9 Å². The number of carbonyl (C=O) groups is 1. The van der Waals surface area contributed by atoms with Gasteiger partial charge in [0.1, 0.15) is 5.56 Å². The van der Waals surface area contributed by atoms with Gasteiger partial charge in [0.15, 0.2) is 35.8 Å². The molecule has 0 unspecified atom stereocenters. The van der Waals surface area contributed by atoms with Crippen molar-refractivity contribution >= 4 is 17.7 Å². The molecule has 1 aliphatic rings. The number of benzene rings is 4. The lowest BCUT2D eigenvalue weighted by Crippen LogP contribution is -2.32. The van der Waals surface area contributed by atoms with Crippen LogP contribution in [0.5, 0.6) is 0 Å². The third-order valence-electron chi connectivity index (χ3n) is 8.15. The maximum Gasteiger partial charge on any atom is 0.257 e. The van der Waals surface area contributed by atoms with Crippen LogP contribution in [0.1, 0.15) is 51.4 Å². The van der Waals surface area contributed by atoms with Gasteiger partial charge in [0.2, 0.25) is 5.82 Å². The molecule has 50 heavy (non-hydrogen) atoms. The first-order chi connectivity index (χ1) is 24.1. The van der Waals surface area contributed by atoms with Crippen LogP contribution in [0.25, 0.3) is 11.1 Å². The third-order valence-corrected chi connectivity index (χ3v) is 9.30. The van der Waals surface area contributed by atoms with E-state index in [0.717, 1.165) is 32.5 Å². The van der Waals surface area contributed by atoms with Crippen molar-refractivity contribution in [1.29, 1.82) is 0 Å². The molecular weight excluding hydrogens is 679 g/mol. The second-order valence-corrected chi connectivity index (χ2v) is 12.5. The number of nitrogens with one attached hydrogen (secondary N) is 1. The molecule has 3 atom stereocenters. The van der Waals surface area contributed by atoms with Crippen molar-refractivity contribution in [2.24, 2.45) is 0 Å². The van der Waals surface area contributed by atoms with Crippen LogP contribution < -0.4 is 10.0 Å². The minimum absolute atomic E-state index is 0.0780. The van der Waals surface area contributed by atoms with Gasteiger partial charge in [-0.2, -0.15) is 4.73 Å². The van der Waals surface area contributed by atoms with Gasteiger partial charge in [0.05, 0.1) is 18.8 Å². The first-order valence-electron chi connectivity index (χ1n) is 15.4. The van der Waals surface area contributed by atoms with Crippen LogP contribution in [0.4, 0.5) is 22.0 Å². The van der Waals surface area contributed by atoms with Crippen molar-refractivity contribution in [2.75, 3.05) is 5.75 Å². The number of aliphatic hydroxyl groups is 1. The molecule has 2 heterocycles. The zero-order chi connectivity index (χ0) is 35.4. The monoisotopic (exact) mass is 708 g/mol. The molecular formula is C37H29F5N2O5S. The predicted octanol–water partition coefficient (Wildman–Crippen LogP) is 7.44. The average Bonchev–Trinajstić information content (AvgIpc) is 3.15. The average molecular weight is 709 g/mol. The van der Waals surface area contributed by atoms with Crippen molar-refractivity contribution in [1.82, 2.24) is 5.32 Å². The lowest BCUT2D eigenvalue weighted by atomic mass is 9.99. The summed E-state index contributed by atoms with van der Waals surface area (Å²) in [5.74, 6) is -12.1. The summed E-state index contributed by atoms with van der Waals surface area (Å²) in [6.07, 6.45) is 0.663. The number of amides is 1. The Labute approximate surface area is 287 Å². The zero-order valence-electron chi connectivity index (χ0n) is 26.1. The third kappa shape index (κ3) is 7.65. The number of aliphatic hydroxyl groups excluding tert-OH is 1. The maximum atomic E-state index is 14.1. The normalized spacial score (nSPS) is 17.4. The Kier molecular flexibility index (Phi) is 10.8. The molecule has 1 saturated heterocycles. The van der Waals surface area contributed by atoms with E-state index in [9.17, 15) is 37.1 Å². The summed E-state index contributed by atoms with van der Waals surface area (Å²) in [7, 11) is 0. The summed E-state index contributed by atoms with van der Waals surface area (Å²) in [6, 6.07) is 27.0. The Hall–Kier alpha value is -4.82. The van der Waals surface area contributed by atoms with E-state index in [1.807, 2.05) is 54.6 Å². The van der Waals surface area contributed by atoms with Crippen molar-refractivity contribution < 1.29 is 46.1 Å². The summed E-state index contributed by atoms with van der Waals surface area (Å²) in [5.41, 5.74) is 2.91. The fourth-order valence-electron chi connectivity index (χ4n) is 5.49. The highest BCUT2D eigenvalue weighted by molar-refractivity contribution is 7.99. The van der Waals surface area contributed by atoms with Crippen molar-refractivity contribution in [3.63, 3.8) is 0 Å². The predicted molar refractivity (Wildman–Crippen MR) is 174 cm³/mol. The van der Waals surface area contributed by atoms with E-state index in [2.05, 4.69) is 5.32 Å². The number of rotatable bonds is 10. The molecule has 1 aliphatic heterocycles. The van der Waals surface area contributed by atoms with Crippen molar-refractivity contribution in [3.8, 4) is 11.1 Å². The largest absolute Gasteiger partial charge is 0.618 e. The van der Waals surface area contributed by atoms with Gasteiger partial charge >= 0.3 is 0 Å². The van der Waals surface area contributed by atoms with Gasteiger partial charge < -0.3 is 25.1 Å². The van der Waals surface area contributed by atoms with Crippen LogP contribution in [0.2, 0.25) is 0 Å². The number of nitrogens with zero attached hydrogens (tertiary/aromatic N) is 1. The number of carbonyl (C=O) groups excluding carboxylic acids is 1. The van der Waals surface area contributed by atoms with Gasteiger partial charge in [0, 0.05) is 36.4 Å². The lowest BCUT2D eigenvalue weighted by molar-refractivity contribution is -0.645. The summed E-state index contributed by atoms with van der Waals surface area (Å²) in [5, 5.41) is 24.4. The minimum atomic E-state index is -2.34. The smallest absolute Gasteiger partial charge is 0.257 e. The molecule has 7 nitrogen and oxygen atoms in total. The second kappa shape index (κ2) is 15.4. The molecule has 258 valence electrons. The van der Waals surface area contributed by atoms with E-state index in [-0.39, 0.29) is 25.4 Å². The molecule has 5 aromatic rings. The van der Waals surface area contributed by atoms with E-state index in [1.54, 1.807) is 36.4 Å². The van der Waals surface area contributed by atoms with Gasteiger partial charge in [0.25, 0.3) is 10.9 Å². The van der Waals surface area contributed by atoms with E-state index >= 15 is 0 Å².